The van der Waals surface area contributed by atoms with Crippen molar-refractivity contribution in [3.05, 3.63) is 29.6 Å². The first-order chi connectivity index (χ1) is 12.5. The molecule has 0 bridgehead atoms. The van der Waals surface area contributed by atoms with Crippen LogP contribution in [0.25, 0.3) is 0 Å². The Morgan fingerprint density at radius 3 is 2.73 bits per heavy atom. The van der Waals surface area contributed by atoms with Crippen LogP contribution in [0.2, 0.25) is 0 Å². The molecule has 1 aromatic heterocycles. The number of carbonyl (C=O) groups is 1. The fraction of sp³-hybridized carbons (Fsp3) is 0.714. The van der Waals surface area contributed by atoms with Gasteiger partial charge >= 0.3 is 0 Å². The van der Waals surface area contributed by atoms with Gasteiger partial charge in [-0.2, -0.15) is 0 Å². The number of piperidine rings is 1. The second-order valence-corrected chi connectivity index (χ2v) is 8.71. The molecule has 1 spiro atoms. The van der Waals surface area contributed by atoms with Crippen molar-refractivity contribution in [1.82, 2.24) is 14.8 Å². The number of nitrogens with zero attached hydrogens (tertiary/aromatic N) is 3. The van der Waals surface area contributed by atoms with Gasteiger partial charge in [-0.15, -0.1) is 0 Å². The molecule has 1 unspecified atom stereocenters. The molecule has 26 heavy (non-hydrogen) atoms. The Hall–Kier alpha value is -1.46. The van der Waals surface area contributed by atoms with Gasteiger partial charge in [0.1, 0.15) is 5.69 Å². The zero-order chi connectivity index (χ0) is 18.1. The minimum atomic E-state index is 0.0826. The van der Waals surface area contributed by atoms with Crippen LogP contribution >= 0.6 is 0 Å². The fourth-order valence-electron chi connectivity index (χ4n) is 4.59. The van der Waals surface area contributed by atoms with Gasteiger partial charge in [0.25, 0.3) is 5.91 Å². The number of rotatable bonds is 5. The van der Waals surface area contributed by atoms with Crippen molar-refractivity contribution >= 4 is 5.91 Å². The van der Waals surface area contributed by atoms with E-state index >= 15 is 0 Å². The Labute approximate surface area is 156 Å². The van der Waals surface area contributed by atoms with Crippen LogP contribution in [-0.4, -0.2) is 66.6 Å². The predicted octanol–water partition coefficient (Wildman–Crippen LogP) is 2.74. The van der Waals surface area contributed by atoms with Gasteiger partial charge in [0.2, 0.25) is 0 Å². The molecule has 3 aliphatic rings. The highest BCUT2D eigenvalue weighted by Crippen LogP contribution is 2.43. The van der Waals surface area contributed by atoms with E-state index in [4.69, 9.17) is 4.74 Å². The highest BCUT2D eigenvalue weighted by Gasteiger charge is 2.45. The van der Waals surface area contributed by atoms with Gasteiger partial charge < -0.3 is 14.5 Å². The maximum atomic E-state index is 12.7. The molecule has 2 saturated heterocycles. The lowest BCUT2D eigenvalue weighted by Gasteiger charge is -2.39. The van der Waals surface area contributed by atoms with Crippen molar-refractivity contribution in [2.24, 2.45) is 11.3 Å². The van der Waals surface area contributed by atoms with Gasteiger partial charge in [-0.05, 0) is 69.5 Å². The summed E-state index contributed by atoms with van der Waals surface area (Å²) in [5.74, 6) is 0.916. The smallest absolute Gasteiger partial charge is 0.272 e. The molecule has 3 heterocycles. The fourth-order valence-corrected chi connectivity index (χ4v) is 4.59. The Morgan fingerprint density at radius 1 is 1.27 bits per heavy atom. The van der Waals surface area contributed by atoms with E-state index in [0.717, 1.165) is 57.3 Å². The number of likely N-dealkylation sites (tertiary alicyclic amines) is 2. The summed E-state index contributed by atoms with van der Waals surface area (Å²) in [4.78, 5) is 21.6. The summed E-state index contributed by atoms with van der Waals surface area (Å²) in [5, 5.41) is 0. The molecule has 1 atom stereocenters. The van der Waals surface area contributed by atoms with Crippen LogP contribution in [0.3, 0.4) is 0 Å². The molecular formula is C21H31N3O2. The third-order valence-electron chi connectivity index (χ3n) is 6.46. The van der Waals surface area contributed by atoms with Crippen molar-refractivity contribution in [3.63, 3.8) is 0 Å². The summed E-state index contributed by atoms with van der Waals surface area (Å²) < 4.78 is 5.96. The van der Waals surface area contributed by atoms with E-state index in [1.165, 1.54) is 19.3 Å². The molecule has 0 aromatic carbocycles. The maximum absolute atomic E-state index is 12.7. The van der Waals surface area contributed by atoms with E-state index in [1.54, 1.807) is 0 Å². The number of hydrogen-bond acceptors (Lipinski definition) is 4. The lowest BCUT2D eigenvalue weighted by Crippen LogP contribution is -2.44. The first-order valence-corrected chi connectivity index (χ1v) is 10.1. The summed E-state index contributed by atoms with van der Waals surface area (Å²) >= 11 is 0. The third-order valence-corrected chi connectivity index (χ3v) is 6.46. The summed E-state index contributed by atoms with van der Waals surface area (Å²) in [7, 11) is 2.23. The standard InChI is InChI=1S/C21H31N3O2/c1-16-4-3-5-19(22-16)20(25)24-10-8-21(9-11-24)12-18(23(2)15-21)14-26-13-17-6-7-17/h3-5,17-18H,6-15H2,1-2H3. The van der Waals surface area contributed by atoms with Crippen LogP contribution in [0.15, 0.2) is 18.2 Å². The van der Waals surface area contributed by atoms with Crippen molar-refractivity contribution in [2.75, 3.05) is 39.9 Å². The summed E-state index contributed by atoms with van der Waals surface area (Å²) in [6.45, 7) is 6.57. The number of hydrogen-bond donors (Lipinski definition) is 0. The molecule has 5 heteroatoms. The molecule has 1 aromatic rings. The molecule has 1 aliphatic carbocycles. The van der Waals surface area contributed by atoms with E-state index in [2.05, 4.69) is 16.9 Å². The number of ether oxygens (including phenoxy) is 1. The first kappa shape index (κ1) is 17.9. The average molecular weight is 357 g/mol. The molecular weight excluding hydrogens is 326 g/mol. The molecule has 142 valence electrons. The van der Waals surface area contributed by atoms with E-state index in [9.17, 15) is 4.79 Å². The second kappa shape index (κ2) is 7.28. The van der Waals surface area contributed by atoms with Crippen molar-refractivity contribution in [3.8, 4) is 0 Å². The summed E-state index contributed by atoms with van der Waals surface area (Å²) in [6.07, 6.45) is 6.09. The largest absolute Gasteiger partial charge is 0.380 e. The van der Waals surface area contributed by atoms with Crippen LogP contribution < -0.4 is 0 Å². The van der Waals surface area contributed by atoms with Crippen LogP contribution in [0, 0.1) is 18.3 Å². The SMILES string of the molecule is Cc1cccc(C(=O)N2CCC3(CC2)CC(COCC2CC2)N(C)C3)n1. The van der Waals surface area contributed by atoms with Crippen LogP contribution in [-0.2, 0) is 4.74 Å². The quantitative estimate of drug-likeness (QED) is 0.813. The highest BCUT2D eigenvalue weighted by molar-refractivity contribution is 5.92. The third kappa shape index (κ3) is 3.94. The van der Waals surface area contributed by atoms with Crippen molar-refractivity contribution < 1.29 is 9.53 Å². The summed E-state index contributed by atoms with van der Waals surface area (Å²) in [5.41, 5.74) is 1.84. The van der Waals surface area contributed by atoms with E-state index in [1.807, 2.05) is 30.0 Å². The Kier molecular flexibility index (Phi) is 5.02. The molecule has 0 N–H and O–H groups in total. The molecule has 4 rings (SSSR count). The molecule has 1 saturated carbocycles. The number of aromatic nitrogens is 1. The maximum Gasteiger partial charge on any atom is 0.272 e. The number of pyridine rings is 1. The van der Waals surface area contributed by atoms with Crippen LogP contribution in [0.1, 0.15) is 48.3 Å². The second-order valence-electron chi connectivity index (χ2n) is 8.71. The minimum Gasteiger partial charge on any atom is -0.380 e. The predicted molar refractivity (Wildman–Crippen MR) is 101 cm³/mol. The summed E-state index contributed by atoms with van der Waals surface area (Å²) in [6, 6.07) is 6.21. The van der Waals surface area contributed by atoms with Gasteiger partial charge in [-0.1, -0.05) is 6.07 Å². The molecule has 0 radical (unpaired) electrons. The molecule has 2 aliphatic heterocycles. The molecule has 5 nitrogen and oxygen atoms in total. The topological polar surface area (TPSA) is 45.7 Å². The highest BCUT2D eigenvalue weighted by atomic mass is 16.5. The van der Waals surface area contributed by atoms with Crippen LogP contribution in [0.5, 0.6) is 0 Å². The van der Waals surface area contributed by atoms with Gasteiger partial charge in [0, 0.05) is 38.0 Å². The Morgan fingerprint density at radius 2 is 2.04 bits per heavy atom. The van der Waals surface area contributed by atoms with Gasteiger partial charge in [0.15, 0.2) is 0 Å². The van der Waals surface area contributed by atoms with Crippen LogP contribution in [0.4, 0.5) is 0 Å². The average Bonchev–Trinajstić information content (AvgIpc) is 3.40. The Bertz CT molecular complexity index is 650. The molecule has 3 fully saturated rings. The lowest BCUT2D eigenvalue weighted by atomic mass is 9.76. The normalized spacial score (nSPS) is 25.8. The zero-order valence-corrected chi connectivity index (χ0v) is 16.1. The van der Waals surface area contributed by atoms with Crippen molar-refractivity contribution in [1.29, 1.82) is 0 Å². The van der Waals surface area contributed by atoms with E-state index < -0.39 is 0 Å². The minimum absolute atomic E-state index is 0.0826. The number of aryl methyl sites for hydroxylation is 1. The Balaban J connectivity index is 1.30. The van der Waals surface area contributed by atoms with Gasteiger partial charge in [0.05, 0.1) is 6.61 Å². The molecule has 1 amide bonds. The zero-order valence-electron chi connectivity index (χ0n) is 16.1. The van der Waals surface area contributed by atoms with Crippen molar-refractivity contribution in [2.45, 2.75) is 45.1 Å². The van der Waals surface area contributed by atoms with E-state index in [-0.39, 0.29) is 5.91 Å². The number of amides is 1. The monoisotopic (exact) mass is 357 g/mol. The first-order valence-electron chi connectivity index (χ1n) is 10.1. The lowest BCUT2D eigenvalue weighted by molar-refractivity contribution is 0.0582. The van der Waals surface area contributed by atoms with Gasteiger partial charge in [-0.3, -0.25) is 4.79 Å². The number of likely N-dealkylation sites (N-methyl/N-ethyl adjacent to an activating group) is 1. The number of carbonyl (C=O) groups excluding carboxylic acids is 1. The van der Waals surface area contributed by atoms with E-state index in [0.29, 0.717) is 17.2 Å². The van der Waals surface area contributed by atoms with Gasteiger partial charge in [-0.25, -0.2) is 4.98 Å².